The first-order chi connectivity index (χ1) is 7.29. The Bertz CT molecular complexity index is 325. The van der Waals surface area contributed by atoms with E-state index >= 15 is 0 Å². The maximum atomic E-state index is 12.0. The second-order valence-corrected chi connectivity index (χ2v) is 3.87. The first-order valence-corrected chi connectivity index (χ1v) is 5.37. The number of hydrogen-bond acceptors (Lipinski definition) is 2. The first-order valence-electron chi connectivity index (χ1n) is 5.37. The minimum atomic E-state index is 0.0255. The average molecular weight is 204 g/mol. The van der Waals surface area contributed by atoms with Gasteiger partial charge in [-0.05, 0) is 18.9 Å². The lowest BCUT2D eigenvalue weighted by molar-refractivity contribution is -0.125. The maximum absolute atomic E-state index is 12.0. The lowest BCUT2D eigenvalue weighted by Gasteiger charge is -2.25. The fraction of sp³-hybridized carbons (Fsp3) is 0.417. The maximum Gasteiger partial charge on any atom is 0.273 e. The Labute approximate surface area is 90.4 Å². The highest BCUT2D eigenvalue weighted by atomic mass is 16.2. The summed E-state index contributed by atoms with van der Waals surface area (Å²) in [6.07, 6.45) is 9.93. The molecule has 0 aliphatic carbocycles. The molecule has 0 radical (unpaired) electrons. The van der Waals surface area contributed by atoms with E-state index in [4.69, 9.17) is 0 Å². The summed E-state index contributed by atoms with van der Waals surface area (Å²) in [6, 6.07) is 0. The molecule has 1 amide bonds. The summed E-state index contributed by atoms with van der Waals surface area (Å²) in [7, 11) is 0. The molecular weight excluding hydrogens is 188 g/mol. The van der Waals surface area contributed by atoms with E-state index in [1.807, 2.05) is 24.4 Å². The van der Waals surface area contributed by atoms with Gasteiger partial charge in [-0.3, -0.25) is 4.79 Å². The Morgan fingerprint density at radius 2 is 1.93 bits per heavy atom. The average Bonchev–Trinajstić information content (AvgIpc) is 2.82. The predicted molar refractivity (Wildman–Crippen MR) is 59.9 cm³/mol. The molecule has 0 N–H and O–H groups in total. The Hall–Kier alpha value is -1.51. The molecule has 3 heteroatoms. The summed E-state index contributed by atoms with van der Waals surface area (Å²) >= 11 is 0. The van der Waals surface area contributed by atoms with Gasteiger partial charge in [0.15, 0.2) is 0 Å². The van der Waals surface area contributed by atoms with Crippen LogP contribution in [0, 0.1) is 0 Å². The zero-order chi connectivity index (χ0) is 10.7. The summed E-state index contributed by atoms with van der Waals surface area (Å²) in [5, 5.41) is 0. The van der Waals surface area contributed by atoms with Gasteiger partial charge in [-0.25, -0.2) is 0 Å². The topological polar surface area (TPSA) is 23.6 Å². The number of carbonyl (C=O) groups excluding carboxylic acids is 1. The van der Waals surface area contributed by atoms with Crippen LogP contribution in [0.1, 0.15) is 12.8 Å². The van der Waals surface area contributed by atoms with Gasteiger partial charge in [-0.1, -0.05) is 18.7 Å². The highest BCUT2D eigenvalue weighted by molar-refractivity contribution is 5.93. The molecule has 15 heavy (non-hydrogen) atoms. The Balaban J connectivity index is 1.97. The van der Waals surface area contributed by atoms with E-state index in [2.05, 4.69) is 11.5 Å². The number of likely N-dealkylation sites (tertiary alicyclic amines) is 1. The normalized spacial score (nSPS) is 19.7. The quantitative estimate of drug-likeness (QED) is 0.636. The van der Waals surface area contributed by atoms with Gasteiger partial charge in [0.1, 0.15) is 0 Å². The van der Waals surface area contributed by atoms with E-state index in [1.165, 1.54) is 12.8 Å². The fourth-order valence-electron chi connectivity index (χ4n) is 1.91. The summed E-state index contributed by atoms with van der Waals surface area (Å²) in [4.78, 5) is 15.8. The molecule has 0 atom stereocenters. The number of hydrogen-bond donors (Lipinski definition) is 0. The van der Waals surface area contributed by atoms with Crippen molar-refractivity contribution in [3.63, 3.8) is 0 Å². The minimum Gasteiger partial charge on any atom is -0.368 e. The second kappa shape index (κ2) is 4.34. The summed E-state index contributed by atoms with van der Waals surface area (Å²) in [6.45, 7) is 6.48. The number of carbonyl (C=O) groups is 1. The third kappa shape index (κ3) is 2.12. The van der Waals surface area contributed by atoms with E-state index in [1.54, 1.807) is 4.90 Å². The van der Waals surface area contributed by atoms with Crippen LogP contribution in [0.4, 0.5) is 0 Å². The third-order valence-electron chi connectivity index (χ3n) is 2.81. The van der Waals surface area contributed by atoms with Crippen LogP contribution in [0.2, 0.25) is 0 Å². The van der Waals surface area contributed by atoms with Crippen LogP contribution >= 0.6 is 0 Å². The van der Waals surface area contributed by atoms with Crippen LogP contribution in [0.15, 0.2) is 36.7 Å². The van der Waals surface area contributed by atoms with Crippen LogP contribution in [0.5, 0.6) is 0 Å². The van der Waals surface area contributed by atoms with Crippen LogP contribution in [0.3, 0.4) is 0 Å². The van der Waals surface area contributed by atoms with Gasteiger partial charge in [0.25, 0.3) is 5.91 Å². The summed E-state index contributed by atoms with van der Waals surface area (Å²) in [5.41, 5.74) is 0.632. The molecular formula is C12H16N2O. The lowest BCUT2D eigenvalue weighted by atomic mass is 10.3. The molecule has 2 rings (SSSR count). The van der Waals surface area contributed by atoms with Crippen LogP contribution in [0.25, 0.3) is 0 Å². The van der Waals surface area contributed by atoms with Crippen molar-refractivity contribution < 1.29 is 4.79 Å². The summed E-state index contributed by atoms with van der Waals surface area (Å²) < 4.78 is 0. The number of allylic oxidation sites excluding steroid dienone is 2. The van der Waals surface area contributed by atoms with Gasteiger partial charge in [0.05, 0.1) is 5.70 Å². The van der Waals surface area contributed by atoms with Gasteiger partial charge >= 0.3 is 0 Å². The molecule has 0 aromatic heterocycles. The molecule has 80 valence electrons. The Morgan fingerprint density at radius 3 is 2.53 bits per heavy atom. The van der Waals surface area contributed by atoms with Crippen LogP contribution in [-0.2, 0) is 4.79 Å². The predicted octanol–water partition coefficient (Wildman–Crippen LogP) is 1.51. The van der Waals surface area contributed by atoms with E-state index in [-0.39, 0.29) is 5.91 Å². The molecule has 0 bridgehead atoms. The number of rotatable bonds is 2. The zero-order valence-electron chi connectivity index (χ0n) is 8.85. The smallest absolute Gasteiger partial charge is 0.273 e. The first kappa shape index (κ1) is 10.0. The second-order valence-electron chi connectivity index (χ2n) is 3.87. The van der Waals surface area contributed by atoms with E-state index < -0.39 is 0 Å². The fourth-order valence-corrected chi connectivity index (χ4v) is 1.91. The number of nitrogens with zero attached hydrogens (tertiary/aromatic N) is 2. The Morgan fingerprint density at radius 1 is 1.20 bits per heavy atom. The van der Waals surface area contributed by atoms with Crippen molar-refractivity contribution >= 4 is 5.91 Å². The van der Waals surface area contributed by atoms with Crippen molar-refractivity contribution in [1.82, 2.24) is 9.80 Å². The molecule has 2 aliphatic heterocycles. The monoisotopic (exact) mass is 204 g/mol. The minimum absolute atomic E-state index is 0.0255. The molecule has 3 nitrogen and oxygen atoms in total. The molecule has 0 unspecified atom stereocenters. The highest BCUT2D eigenvalue weighted by Gasteiger charge is 2.22. The van der Waals surface area contributed by atoms with Gasteiger partial charge in [-0.15, -0.1) is 0 Å². The van der Waals surface area contributed by atoms with Crippen molar-refractivity contribution in [1.29, 1.82) is 0 Å². The molecule has 0 aromatic carbocycles. The third-order valence-corrected chi connectivity index (χ3v) is 2.81. The molecule has 0 spiro atoms. The van der Waals surface area contributed by atoms with Crippen LogP contribution in [-0.4, -0.2) is 35.3 Å². The van der Waals surface area contributed by atoms with Crippen LogP contribution < -0.4 is 0 Å². The van der Waals surface area contributed by atoms with E-state index in [0.29, 0.717) is 12.2 Å². The van der Waals surface area contributed by atoms with Crippen molar-refractivity contribution in [3.05, 3.63) is 36.7 Å². The SMILES string of the molecule is C=C(C(=O)N1C=CC=CC1)N1CCCC1. The van der Waals surface area contributed by atoms with Crippen molar-refractivity contribution in [2.75, 3.05) is 19.6 Å². The number of amides is 1. The Kier molecular flexibility index (Phi) is 2.90. The van der Waals surface area contributed by atoms with Gasteiger partial charge in [-0.2, -0.15) is 0 Å². The molecule has 2 heterocycles. The van der Waals surface area contributed by atoms with Crippen molar-refractivity contribution in [2.45, 2.75) is 12.8 Å². The van der Waals surface area contributed by atoms with E-state index in [9.17, 15) is 4.79 Å². The molecule has 2 aliphatic rings. The lowest BCUT2D eigenvalue weighted by Crippen LogP contribution is -2.34. The largest absolute Gasteiger partial charge is 0.368 e. The van der Waals surface area contributed by atoms with Gasteiger partial charge < -0.3 is 9.80 Å². The van der Waals surface area contributed by atoms with E-state index in [0.717, 1.165) is 13.1 Å². The molecule has 0 aromatic rings. The highest BCUT2D eigenvalue weighted by Crippen LogP contribution is 2.16. The standard InChI is InChI=1S/C12H16N2O/c1-11(13-7-5-6-8-13)12(15)14-9-3-2-4-10-14/h2-4,9H,1,5-8,10H2. The summed E-state index contributed by atoms with van der Waals surface area (Å²) in [5.74, 6) is 0.0255. The molecule has 0 saturated carbocycles. The molecule has 1 fully saturated rings. The van der Waals surface area contributed by atoms with Crippen molar-refractivity contribution in [3.8, 4) is 0 Å². The molecule has 1 saturated heterocycles. The van der Waals surface area contributed by atoms with Crippen molar-refractivity contribution in [2.24, 2.45) is 0 Å². The van der Waals surface area contributed by atoms with Gasteiger partial charge in [0.2, 0.25) is 0 Å². The van der Waals surface area contributed by atoms with Gasteiger partial charge in [0, 0.05) is 25.8 Å². The zero-order valence-corrected chi connectivity index (χ0v) is 8.85.